The molecule has 1 heterocycles. The number of carbonyl (C=O) groups is 2. The third-order valence-electron chi connectivity index (χ3n) is 4.97. The van der Waals surface area contributed by atoms with Gasteiger partial charge in [0, 0.05) is 30.9 Å². The van der Waals surface area contributed by atoms with Gasteiger partial charge in [-0.2, -0.15) is 0 Å². The van der Waals surface area contributed by atoms with E-state index in [-0.39, 0.29) is 12.3 Å². The normalized spacial score (nSPS) is 14.6. The average molecular weight is 427 g/mol. The number of hydrogen-bond acceptors (Lipinski definition) is 6. The molecule has 0 aliphatic carbocycles. The molecular weight excluding hydrogens is 396 g/mol. The molecule has 166 valence electrons. The van der Waals surface area contributed by atoms with Gasteiger partial charge >= 0.3 is 5.97 Å². The summed E-state index contributed by atoms with van der Waals surface area (Å²) < 4.78 is 16.2. The van der Waals surface area contributed by atoms with Crippen LogP contribution >= 0.6 is 0 Å². The number of rotatable bonds is 9. The zero-order valence-corrected chi connectivity index (χ0v) is 18.1. The largest absolute Gasteiger partial charge is 0.494 e. The highest BCUT2D eigenvalue weighted by atomic mass is 16.5. The maximum atomic E-state index is 12.3. The van der Waals surface area contributed by atoms with E-state index in [0.717, 1.165) is 43.3 Å². The molecule has 0 unspecified atom stereocenters. The number of anilines is 2. The van der Waals surface area contributed by atoms with Gasteiger partial charge in [-0.3, -0.25) is 9.59 Å². The molecule has 1 aliphatic rings. The molecule has 2 aromatic rings. The first-order valence-electron chi connectivity index (χ1n) is 10.6. The predicted molar refractivity (Wildman–Crippen MR) is 120 cm³/mol. The average Bonchev–Trinajstić information content (AvgIpc) is 2.78. The van der Waals surface area contributed by atoms with Crippen molar-refractivity contribution in [3.05, 3.63) is 54.1 Å². The lowest BCUT2D eigenvalue weighted by Gasteiger charge is -2.28. The van der Waals surface area contributed by atoms with Gasteiger partial charge in [-0.15, -0.1) is 0 Å². The van der Waals surface area contributed by atoms with Crippen molar-refractivity contribution >= 4 is 23.3 Å². The van der Waals surface area contributed by atoms with Gasteiger partial charge in [0.2, 0.25) is 0 Å². The second kappa shape index (κ2) is 11.4. The van der Waals surface area contributed by atoms with Crippen LogP contribution in [0.5, 0.6) is 5.75 Å². The quantitative estimate of drug-likeness (QED) is 0.488. The van der Waals surface area contributed by atoms with E-state index in [2.05, 4.69) is 10.2 Å². The van der Waals surface area contributed by atoms with Crippen molar-refractivity contribution in [2.24, 2.45) is 0 Å². The van der Waals surface area contributed by atoms with E-state index in [4.69, 9.17) is 14.2 Å². The molecular formula is C24H30N2O5. The summed E-state index contributed by atoms with van der Waals surface area (Å²) in [6.45, 7) is 7.13. The summed E-state index contributed by atoms with van der Waals surface area (Å²) in [7, 11) is 0. The van der Waals surface area contributed by atoms with Crippen LogP contribution in [0.25, 0.3) is 0 Å². The van der Waals surface area contributed by atoms with Gasteiger partial charge in [0.1, 0.15) is 5.75 Å². The zero-order chi connectivity index (χ0) is 22.1. The fraction of sp³-hybridized carbons (Fsp3) is 0.417. The summed E-state index contributed by atoms with van der Waals surface area (Å²) in [4.78, 5) is 26.6. The van der Waals surface area contributed by atoms with Gasteiger partial charge in [0.15, 0.2) is 6.10 Å². The van der Waals surface area contributed by atoms with Crippen molar-refractivity contribution in [2.75, 3.05) is 43.1 Å². The number of esters is 1. The summed E-state index contributed by atoms with van der Waals surface area (Å²) in [6.07, 6.45) is -0.161. The van der Waals surface area contributed by atoms with Crippen molar-refractivity contribution in [1.29, 1.82) is 0 Å². The first-order chi connectivity index (χ1) is 15.0. The lowest BCUT2D eigenvalue weighted by atomic mass is 10.2. The molecule has 0 aromatic heterocycles. The first-order valence-corrected chi connectivity index (χ1v) is 10.6. The summed E-state index contributed by atoms with van der Waals surface area (Å²) in [5, 5.41) is 2.79. The Morgan fingerprint density at radius 1 is 1.13 bits per heavy atom. The highest BCUT2D eigenvalue weighted by Crippen LogP contribution is 2.19. The predicted octanol–water partition coefficient (Wildman–Crippen LogP) is 3.56. The molecule has 2 aromatic carbocycles. The number of nitrogens with zero attached hydrogens (tertiary/aromatic N) is 1. The topological polar surface area (TPSA) is 77.1 Å². The minimum absolute atomic E-state index is 0.192. The van der Waals surface area contributed by atoms with E-state index < -0.39 is 12.1 Å². The van der Waals surface area contributed by atoms with Crippen LogP contribution in [0.2, 0.25) is 0 Å². The van der Waals surface area contributed by atoms with E-state index in [1.165, 1.54) is 0 Å². The molecule has 1 atom stereocenters. The number of carbonyl (C=O) groups excluding carboxylic acids is 2. The summed E-state index contributed by atoms with van der Waals surface area (Å²) in [5.74, 6) is 0.00222. The summed E-state index contributed by atoms with van der Waals surface area (Å²) >= 11 is 0. The van der Waals surface area contributed by atoms with Crippen LogP contribution in [-0.2, 0) is 19.1 Å². The Balaban J connectivity index is 1.36. The van der Waals surface area contributed by atoms with Crippen LogP contribution < -0.4 is 15.0 Å². The Bertz CT molecular complexity index is 863. The van der Waals surface area contributed by atoms with Crippen LogP contribution in [-0.4, -0.2) is 50.9 Å². The van der Waals surface area contributed by atoms with E-state index in [1.807, 2.05) is 55.5 Å². The van der Waals surface area contributed by atoms with E-state index in [0.29, 0.717) is 18.7 Å². The molecule has 1 N–H and O–H groups in total. The molecule has 0 radical (unpaired) electrons. The lowest BCUT2D eigenvalue weighted by molar-refractivity contribution is -0.153. The van der Waals surface area contributed by atoms with E-state index in [1.54, 1.807) is 6.92 Å². The molecule has 0 bridgehead atoms. The van der Waals surface area contributed by atoms with Crippen LogP contribution in [0.15, 0.2) is 48.5 Å². The SMILES string of the molecule is Cc1cccc(OCCCC(=O)O[C@@H](C)C(=O)Nc2ccc(N3CCOCC3)cc2)c1. The molecule has 3 rings (SSSR count). The number of aryl methyl sites for hydroxylation is 1. The van der Waals surface area contributed by atoms with Crippen molar-refractivity contribution in [1.82, 2.24) is 0 Å². The van der Waals surface area contributed by atoms with E-state index in [9.17, 15) is 9.59 Å². The number of benzene rings is 2. The molecule has 7 heteroatoms. The minimum atomic E-state index is -0.871. The number of ether oxygens (including phenoxy) is 3. The van der Waals surface area contributed by atoms with Crippen LogP contribution in [0.1, 0.15) is 25.3 Å². The first kappa shape index (κ1) is 22.6. The van der Waals surface area contributed by atoms with Crippen molar-refractivity contribution < 1.29 is 23.8 Å². The smallest absolute Gasteiger partial charge is 0.306 e. The van der Waals surface area contributed by atoms with Crippen molar-refractivity contribution in [2.45, 2.75) is 32.8 Å². The number of nitrogens with one attached hydrogen (secondary N) is 1. The Kier molecular flexibility index (Phi) is 8.29. The zero-order valence-electron chi connectivity index (χ0n) is 18.1. The molecule has 7 nitrogen and oxygen atoms in total. The molecule has 31 heavy (non-hydrogen) atoms. The molecule has 1 fully saturated rings. The monoisotopic (exact) mass is 426 g/mol. The van der Waals surface area contributed by atoms with Crippen LogP contribution in [0.3, 0.4) is 0 Å². The van der Waals surface area contributed by atoms with Gasteiger partial charge < -0.3 is 24.4 Å². The minimum Gasteiger partial charge on any atom is -0.494 e. The highest BCUT2D eigenvalue weighted by Gasteiger charge is 2.18. The maximum Gasteiger partial charge on any atom is 0.306 e. The number of amides is 1. The Labute approximate surface area is 183 Å². The lowest BCUT2D eigenvalue weighted by Crippen LogP contribution is -2.36. The highest BCUT2D eigenvalue weighted by molar-refractivity contribution is 5.95. The standard InChI is InChI=1S/C24H30N2O5/c1-18-5-3-6-22(17-18)30-14-4-7-23(27)31-19(2)24(28)25-20-8-10-21(11-9-20)26-12-15-29-16-13-26/h3,5-6,8-11,17,19H,4,7,12-16H2,1-2H3,(H,25,28)/t19-/m0/s1. The Morgan fingerprint density at radius 3 is 2.58 bits per heavy atom. The Hall–Kier alpha value is -3.06. The summed E-state index contributed by atoms with van der Waals surface area (Å²) in [5.41, 5.74) is 2.87. The van der Waals surface area contributed by atoms with Crippen molar-refractivity contribution in [3.8, 4) is 5.75 Å². The van der Waals surface area contributed by atoms with Crippen LogP contribution in [0, 0.1) is 6.92 Å². The third-order valence-corrected chi connectivity index (χ3v) is 4.97. The molecule has 1 amide bonds. The second-order valence-corrected chi connectivity index (χ2v) is 7.54. The molecule has 1 aliphatic heterocycles. The fourth-order valence-electron chi connectivity index (χ4n) is 3.24. The third kappa shape index (κ3) is 7.29. The number of hydrogen-bond donors (Lipinski definition) is 1. The fourth-order valence-corrected chi connectivity index (χ4v) is 3.24. The van der Waals surface area contributed by atoms with Gasteiger partial charge in [0.05, 0.1) is 19.8 Å². The second-order valence-electron chi connectivity index (χ2n) is 7.54. The maximum absolute atomic E-state index is 12.3. The molecule has 0 spiro atoms. The van der Waals surface area contributed by atoms with Gasteiger partial charge in [-0.1, -0.05) is 12.1 Å². The van der Waals surface area contributed by atoms with Gasteiger partial charge in [0.25, 0.3) is 5.91 Å². The van der Waals surface area contributed by atoms with Crippen LogP contribution in [0.4, 0.5) is 11.4 Å². The van der Waals surface area contributed by atoms with E-state index >= 15 is 0 Å². The van der Waals surface area contributed by atoms with Gasteiger partial charge in [-0.05, 0) is 62.2 Å². The summed E-state index contributed by atoms with van der Waals surface area (Å²) in [6, 6.07) is 15.4. The molecule has 1 saturated heterocycles. The molecule has 0 saturated carbocycles. The van der Waals surface area contributed by atoms with Gasteiger partial charge in [-0.25, -0.2) is 0 Å². The number of morpholine rings is 1. The van der Waals surface area contributed by atoms with Crippen molar-refractivity contribution in [3.63, 3.8) is 0 Å². The Morgan fingerprint density at radius 2 is 1.87 bits per heavy atom.